The number of aromatic nitrogens is 2. The van der Waals surface area contributed by atoms with E-state index in [1.807, 2.05) is 24.3 Å². The number of aliphatic hydroxyl groups is 1. The molecule has 212 valence electrons. The summed E-state index contributed by atoms with van der Waals surface area (Å²) in [6.07, 6.45) is 5.96. The number of urea groups is 1. The quantitative estimate of drug-likeness (QED) is 0.390. The van der Waals surface area contributed by atoms with Crippen LogP contribution in [0.3, 0.4) is 0 Å². The lowest BCUT2D eigenvalue weighted by atomic mass is 9.91. The van der Waals surface area contributed by atoms with Crippen molar-refractivity contribution >= 4 is 17.8 Å². The van der Waals surface area contributed by atoms with E-state index in [-0.39, 0.29) is 11.7 Å². The predicted octanol–water partition coefficient (Wildman–Crippen LogP) is 0.320. The number of hydrogen-bond donors (Lipinski definition) is 4. The molecule has 0 radical (unpaired) electrons. The van der Waals surface area contributed by atoms with Crippen LogP contribution in [-0.4, -0.2) is 98.8 Å². The Morgan fingerprint density at radius 2 is 1.69 bits per heavy atom. The minimum absolute atomic E-state index is 0.153. The van der Waals surface area contributed by atoms with Gasteiger partial charge >= 0.3 is 11.7 Å². The number of benzene rings is 1. The van der Waals surface area contributed by atoms with Gasteiger partial charge < -0.3 is 26.4 Å². The van der Waals surface area contributed by atoms with Crippen LogP contribution in [0, 0.1) is 0 Å². The number of nitrogens with two attached hydrogens (primary N) is 2. The van der Waals surface area contributed by atoms with Crippen LogP contribution in [0.25, 0.3) is 5.69 Å². The molecule has 6 N–H and O–H groups in total. The predicted molar refractivity (Wildman–Crippen MR) is 148 cm³/mol. The Morgan fingerprint density at radius 1 is 1.08 bits per heavy atom. The number of nitrogens with zero attached hydrogens (tertiary/aromatic N) is 5. The first-order valence-electron chi connectivity index (χ1n) is 13.5. The average molecular weight is 541 g/mol. The number of carbonyl (C=O) groups is 2. The molecular weight excluding hydrogens is 500 g/mol. The fourth-order valence-electron chi connectivity index (χ4n) is 5.12. The van der Waals surface area contributed by atoms with Crippen molar-refractivity contribution in [3.63, 3.8) is 0 Å². The third kappa shape index (κ3) is 7.01. The van der Waals surface area contributed by atoms with Crippen molar-refractivity contribution in [1.82, 2.24) is 24.3 Å². The molecular formula is C27H40N8O4. The van der Waals surface area contributed by atoms with Crippen LogP contribution >= 0.6 is 0 Å². The lowest BCUT2D eigenvalue weighted by molar-refractivity contribution is -0.139. The third-order valence-electron chi connectivity index (χ3n) is 7.72. The zero-order valence-corrected chi connectivity index (χ0v) is 22.8. The Balaban J connectivity index is 1.31. The van der Waals surface area contributed by atoms with Gasteiger partial charge in [0, 0.05) is 51.0 Å². The van der Waals surface area contributed by atoms with Gasteiger partial charge in [-0.1, -0.05) is 12.1 Å². The van der Waals surface area contributed by atoms with Gasteiger partial charge in [-0.3, -0.25) is 19.6 Å². The maximum absolute atomic E-state index is 12.7. The number of nitrogens with one attached hydrogen (secondary N) is 1. The monoisotopic (exact) mass is 540 g/mol. The minimum Gasteiger partial charge on any atom is -0.394 e. The third-order valence-corrected chi connectivity index (χ3v) is 7.72. The highest BCUT2D eigenvalue weighted by Crippen LogP contribution is 2.23. The smallest absolute Gasteiger partial charge is 0.354 e. The van der Waals surface area contributed by atoms with Crippen molar-refractivity contribution in [2.75, 3.05) is 45.2 Å². The van der Waals surface area contributed by atoms with Crippen molar-refractivity contribution in [1.29, 1.82) is 0 Å². The molecule has 1 aliphatic carbocycles. The van der Waals surface area contributed by atoms with Gasteiger partial charge in [0.2, 0.25) is 5.91 Å². The molecule has 0 unspecified atom stereocenters. The number of hydrogen-bond acceptors (Lipinski definition) is 8. The van der Waals surface area contributed by atoms with Crippen molar-refractivity contribution in [3.05, 3.63) is 52.6 Å². The van der Waals surface area contributed by atoms with Gasteiger partial charge in [0.15, 0.2) is 0 Å². The number of amides is 3. The SMILES string of the molecule is CN(Cc1ccc(-n2ccc(NC(=O)N3CCN(C(=O)[C@@](C)(N)CO)CC3)nc2=O)cc1)[C@H]1CC[C@H](N)CC1. The normalized spacial score (nSPS) is 21.5. The van der Waals surface area contributed by atoms with Crippen LogP contribution in [0.1, 0.15) is 38.2 Å². The molecule has 12 nitrogen and oxygen atoms in total. The highest BCUT2D eigenvalue weighted by molar-refractivity contribution is 5.89. The number of aliphatic hydroxyl groups excluding tert-OH is 1. The molecule has 39 heavy (non-hydrogen) atoms. The van der Waals surface area contributed by atoms with Crippen LogP contribution in [0.15, 0.2) is 41.3 Å². The molecule has 3 amide bonds. The van der Waals surface area contributed by atoms with Gasteiger partial charge in [0.05, 0.1) is 12.3 Å². The second-order valence-corrected chi connectivity index (χ2v) is 10.9. The molecule has 1 aromatic carbocycles. The van der Waals surface area contributed by atoms with Gasteiger partial charge in [0.25, 0.3) is 0 Å². The average Bonchev–Trinajstić information content (AvgIpc) is 2.93. The Hall–Kier alpha value is -3.32. The van der Waals surface area contributed by atoms with Gasteiger partial charge in [-0.2, -0.15) is 4.98 Å². The molecule has 1 atom stereocenters. The maximum Gasteiger partial charge on any atom is 0.354 e. The molecule has 2 aliphatic rings. The van der Waals surface area contributed by atoms with Crippen molar-refractivity contribution in [2.24, 2.45) is 11.5 Å². The summed E-state index contributed by atoms with van der Waals surface area (Å²) in [6.45, 7) is 3.04. The highest BCUT2D eigenvalue weighted by atomic mass is 16.3. The summed E-state index contributed by atoms with van der Waals surface area (Å²) in [5.41, 5.74) is 11.9. The summed E-state index contributed by atoms with van der Waals surface area (Å²) in [4.78, 5) is 47.3. The van der Waals surface area contributed by atoms with Crippen molar-refractivity contribution < 1.29 is 14.7 Å². The van der Waals surface area contributed by atoms with Gasteiger partial charge in [-0.25, -0.2) is 9.59 Å². The van der Waals surface area contributed by atoms with E-state index in [0.29, 0.717) is 44.0 Å². The number of piperazine rings is 1. The Morgan fingerprint density at radius 3 is 2.28 bits per heavy atom. The van der Waals surface area contributed by atoms with E-state index in [1.54, 1.807) is 17.2 Å². The second-order valence-electron chi connectivity index (χ2n) is 10.9. The molecule has 2 heterocycles. The zero-order chi connectivity index (χ0) is 28.2. The largest absolute Gasteiger partial charge is 0.394 e. The van der Waals surface area contributed by atoms with E-state index < -0.39 is 23.9 Å². The number of rotatable bonds is 7. The molecule has 2 fully saturated rings. The minimum atomic E-state index is -1.35. The van der Waals surface area contributed by atoms with E-state index >= 15 is 0 Å². The first-order valence-corrected chi connectivity index (χ1v) is 13.5. The van der Waals surface area contributed by atoms with E-state index in [1.165, 1.54) is 16.4 Å². The summed E-state index contributed by atoms with van der Waals surface area (Å²) < 4.78 is 1.43. The Labute approximate surface area is 228 Å². The van der Waals surface area contributed by atoms with Gasteiger partial charge in [-0.15, -0.1) is 0 Å². The summed E-state index contributed by atoms with van der Waals surface area (Å²) >= 11 is 0. The Bertz CT molecular complexity index is 1200. The standard InChI is InChI=1S/C27H40N8O4/c1-27(29,18-36)24(37)33-13-15-34(16-14-33)25(38)30-23-11-12-35(26(39)31-23)22-7-3-19(4-8-22)17-32(2)21-9-5-20(28)6-10-21/h3-4,7-8,11-12,20-21,36H,5-6,9-10,13-18,28-29H2,1-2H3,(H,30,31,38,39)/t20-,21-,27-/m0/s1. The van der Waals surface area contributed by atoms with Crippen LogP contribution < -0.4 is 22.5 Å². The zero-order valence-electron chi connectivity index (χ0n) is 22.8. The summed E-state index contributed by atoms with van der Waals surface area (Å²) in [5.74, 6) is -0.204. The van der Waals surface area contributed by atoms with Crippen LogP contribution in [-0.2, 0) is 11.3 Å². The molecule has 12 heteroatoms. The van der Waals surface area contributed by atoms with Crippen molar-refractivity contribution in [2.45, 2.75) is 56.8 Å². The highest BCUT2D eigenvalue weighted by Gasteiger charge is 2.34. The van der Waals surface area contributed by atoms with Gasteiger partial charge in [-0.05, 0) is 63.4 Å². The maximum atomic E-state index is 12.7. The first kappa shape index (κ1) is 28.7. The lowest BCUT2D eigenvalue weighted by Crippen LogP contribution is -2.60. The summed E-state index contributed by atoms with van der Waals surface area (Å²) in [5, 5.41) is 12.0. The summed E-state index contributed by atoms with van der Waals surface area (Å²) in [7, 11) is 2.14. The van der Waals surface area contributed by atoms with Crippen LogP contribution in [0.5, 0.6) is 0 Å². The van der Waals surface area contributed by atoms with E-state index in [4.69, 9.17) is 11.5 Å². The number of anilines is 1. The fraction of sp³-hybridized carbons (Fsp3) is 0.556. The molecule has 1 saturated heterocycles. The van der Waals surface area contributed by atoms with Crippen LogP contribution in [0.2, 0.25) is 0 Å². The van der Waals surface area contributed by atoms with Crippen molar-refractivity contribution in [3.8, 4) is 5.69 Å². The van der Waals surface area contributed by atoms with Gasteiger partial charge in [0.1, 0.15) is 11.4 Å². The van der Waals surface area contributed by atoms with E-state index in [0.717, 1.165) is 37.8 Å². The molecule has 1 saturated carbocycles. The molecule has 0 spiro atoms. The lowest BCUT2D eigenvalue weighted by Gasteiger charge is -2.37. The van der Waals surface area contributed by atoms with Crippen LogP contribution in [0.4, 0.5) is 10.6 Å². The molecule has 4 rings (SSSR count). The van der Waals surface area contributed by atoms with E-state index in [9.17, 15) is 19.5 Å². The number of carbonyl (C=O) groups excluding carboxylic acids is 2. The topological polar surface area (TPSA) is 163 Å². The second kappa shape index (κ2) is 12.2. The fourth-order valence-corrected chi connectivity index (χ4v) is 5.12. The molecule has 2 aromatic rings. The van der Waals surface area contributed by atoms with E-state index in [2.05, 4.69) is 22.2 Å². The summed E-state index contributed by atoms with van der Waals surface area (Å²) in [6, 6.07) is 9.86. The Kier molecular flexibility index (Phi) is 9.01. The molecule has 0 bridgehead atoms. The molecule has 1 aromatic heterocycles. The first-order chi connectivity index (χ1) is 18.6. The molecule has 1 aliphatic heterocycles.